The van der Waals surface area contributed by atoms with Gasteiger partial charge in [-0.1, -0.05) is 43.7 Å². The summed E-state index contributed by atoms with van der Waals surface area (Å²) in [5.41, 5.74) is 6.87. The lowest BCUT2D eigenvalue weighted by Gasteiger charge is -2.46. The van der Waals surface area contributed by atoms with E-state index in [0.29, 0.717) is 5.41 Å². The van der Waals surface area contributed by atoms with Crippen LogP contribution < -0.4 is 0 Å². The first-order valence-corrected chi connectivity index (χ1v) is 8.39. The van der Waals surface area contributed by atoms with Crippen LogP contribution in [0.3, 0.4) is 0 Å². The molecule has 0 heteroatoms. The van der Waals surface area contributed by atoms with Crippen molar-refractivity contribution in [2.75, 3.05) is 0 Å². The van der Waals surface area contributed by atoms with Crippen LogP contribution in [0.4, 0.5) is 0 Å². The maximum Gasteiger partial charge on any atom is -0.0122 e. The molecule has 4 rings (SSSR count). The van der Waals surface area contributed by atoms with Crippen molar-refractivity contribution in [3.05, 3.63) is 41.0 Å². The summed E-state index contributed by atoms with van der Waals surface area (Å²) in [5.74, 6) is 2.69. The molecule has 0 N–H and O–H groups in total. The highest BCUT2D eigenvalue weighted by atomic mass is 14.5. The summed E-state index contributed by atoms with van der Waals surface area (Å²) in [7, 11) is 0. The Balaban J connectivity index is 1.79. The molecule has 1 aromatic rings. The van der Waals surface area contributed by atoms with Crippen molar-refractivity contribution < 1.29 is 0 Å². The lowest BCUT2D eigenvalue weighted by molar-refractivity contribution is 0.125. The number of hydrogen-bond acceptors (Lipinski definition) is 0. The summed E-state index contributed by atoms with van der Waals surface area (Å²) in [6.07, 6.45) is 9.49. The predicted molar refractivity (Wildman–Crippen MR) is 85.6 cm³/mol. The third-order valence-electron chi connectivity index (χ3n) is 6.83. The van der Waals surface area contributed by atoms with Gasteiger partial charge in [-0.3, -0.25) is 0 Å². The Bertz CT molecular complexity index is 580. The smallest absolute Gasteiger partial charge is 0.0122 e. The van der Waals surface area contributed by atoms with Crippen molar-refractivity contribution in [1.29, 1.82) is 0 Å². The largest absolute Gasteiger partial charge is 0.0799 e. The third-order valence-corrected chi connectivity index (χ3v) is 6.83. The fourth-order valence-electron chi connectivity index (χ4n) is 5.35. The van der Waals surface area contributed by atoms with Crippen LogP contribution in [-0.4, -0.2) is 0 Å². The Labute approximate surface area is 123 Å². The number of rotatable bonds is 0. The predicted octanol–water partition coefficient (Wildman–Crippen LogP) is 5.40. The van der Waals surface area contributed by atoms with Crippen molar-refractivity contribution in [2.45, 2.75) is 52.9 Å². The molecule has 0 nitrogen and oxygen atoms in total. The molecular weight excluding hydrogens is 240 g/mol. The van der Waals surface area contributed by atoms with Crippen LogP contribution in [0, 0.1) is 30.1 Å². The minimum atomic E-state index is 0.580. The molecule has 1 fully saturated rings. The molecule has 4 unspecified atom stereocenters. The molecule has 0 radical (unpaired) electrons. The van der Waals surface area contributed by atoms with Crippen LogP contribution in [-0.2, 0) is 6.42 Å². The van der Waals surface area contributed by atoms with Crippen molar-refractivity contribution in [1.82, 2.24) is 0 Å². The quantitative estimate of drug-likeness (QED) is 0.590. The standard InChI is InChI=1S/C20H26/c1-13-4-7-16-15(12-13)6-8-18-17(16)10-11-20(3)14(2)5-9-19(18)20/h4,7,10,12,14,18-19H,5-6,8-9,11H2,1-3H3. The van der Waals surface area contributed by atoms with E-state index < -0.39 is 0 Å². The van der Waals surface area contributed by atoms with Crippen molar-refractivity contribution in [2.24, 2.45) is 23.2 Å². The van der Waals surface area contributed by atoms with E-state index in [4.69, 9.17) is 0 Å². The molecule has 3 aliphatic rings. The first-order valence-electron chi connectivity index (χ1n) is 8.39. The minimum absolute atomic E-state index is 0.580. The molecule has 4 atom stereocenters. The molecule has 0 saturated heterocycles. The van der Waals surface area contributed by atoms with Crippen LogP contribution in [0.1, 0.15) is 56.2 Å². The SMILES string of the molecule is Cc1ccc2c(c1)CCC1C2=CCC2(C)C(C)CCC12. The lowest BCUT2D eigenvalue weighted by Crippen LogP contribution is -2.37. The zero-order valence-electron chi connectivity index (χ0n) is 13.1. The Morgan fingerprint density at radius 2 is 2.00 bits per heavy atom. The number of hydrogen-bond donors (Lipinski definition) is 0. The summed E-state index contributed by atoms with van der Waals surface area (Å²) < 4.78 is 0. The summed E-state index contributed by atoms with van der Waals surface area (Å²) in [4.78, 5) is 0. The van der Waals surface area contributed by atoms with E-state index in [1.807, 2.05) is 0 Å². The Morgan fingerprint density at radius 3 is 2.85 bits per heavy atom. The van der Waals surface area contributed by atoms with Gasteiger partial charge in [0.1, 0.15) is 0 Å². The normalized spacial score (nSPS) is 38.8. The van der Waals surface area contributed by atoms with Gasteiger partial charge in [-0.25, -0.2) is 0 Å². The monoisotopic (exact) mass is 266 g/mol. The fraction of sp³-hybridized carbons (Fsp3) is 0.600. The molecule has 3 aliphatic carbocycles. The van der Waals surface area contributed by atoms with Crippen LogP contribution in [0.5, 0.6) is 0 Å². The van der Waals surface area contributed by atoms with E-state index in [2.05, 4.69) is 45.0 Å². The Hall–Kier alpha value is -1.04. The Morgan fingerprint density at radius 1 is 1.15 bits per heavy atom. The molecule has 0 heterocycles. The van der Waals surface area contributed by atoms with Crippen LogP contribution in [0.15, 0.2) is 24.3 Å². The second-order valence-corrected chi connectivity index (χ2v) is 7.76. The van der Waals surface area contributed by atoms with Gasteiger partial charge < -0.3 is 0 Å². The highest BCUT2D eigenvalue weighted by molar-refractivity contribution is 5.73. The highest BCUT2D eigenvalue weighted by Crippen LogP contribution is 2.60. The average molecular weight is 266 g/mol. The first kappa shape index (κ1) is 12.7. The van der Waals surface area contributed by atoms with Gasteiger partial charge in [0, 0.05) is 0 Å². The highest BCUT2D eigenvalue weighted by Gasteiger charge is 2.50. The molecule has 0 aromatic heterocycles. The number of allylic oxidation sites excluding steroid dienone is 2. The maximum absolute atomic E-state index is 2.61. The fourth-order valence-corrected chi connectivity index (χ4v) is 5.35. The van der Waals surface area contributed by atoms with E-state index in [1.165, 1.54) is 37.7 Å². The van der Waals surface area contributed by atoms with Crippen LogP contribution in [0.25, 0.3) is 5.57 Å². The summed E-state index contributed by atoms with van der Waals surface area (Å²) >= 11 is 0. The molecule has 0 bridgehead atoms. The summed E-state index contributed by atoms with van der Waals surface area (Å²) in [6.45, 7) is 7.27. The second kappa shape index (κ2) is 4.23. The van der Waals surface area contributed by atoms with Gasteiger partial charge in [-0.15, -0.1) is 0 Å². The van der Waals surface area contributed by atoms with Gasteiger partial charge in [-0.2, -0.15) is 0 Å². The molecule has 1 aromatic carbocycles. The molecule has 106 valence electrons. The number of fused-ring (bicyclic) bond motifs is 5. The van der Waals surface area contributed by atoms with Crippen molar-refractivity contribution in [3.63, 3.8) is 0 Å². The average Bonchev–Trinajstić information content (AvgIpc) is 2.74. The van der Waals surface area contributed by atoms with E-state index in [0.717, 1.165) is 17.8 Å². The molecule has 0 amide bonds. The van der Waals surface area contributed by atoms with Crippen LogP contribution in [0.2, 0.25) is 0 Å². The summed E-state index contributed by atoms with van der Waals surface area (Å²) in [6, 6.07) is 7.11. The molecule has 20 heavy (non-hydrogen) atoms. The van der Waals surface area contributed by atoms with E-state index in [9.17, 15) is 0 Å². The zero-order chi connectivity index (χ0) is 13.9. The van der Waals surface area contributed by atoms with Gasteiger partial charge in [0.2, 0.25) is 0 Å². The summed E-state index contributed by atoms with van der Waals surface area (Å²) in [5, 5.41) is 0. The van der Waals surface area contributed by atoms with Gasteiger partial charge in [-0.05, 0) is 78.9 Å². The zero-order valence-corrected chi connectivity index (χ0v) is 13.1. The minimum Gasteiger partial charge on any atom is -0.0799 e. The molecular formula is C20H26. The van der Waals surface area contributed by atoms with Crippen molar-refractivity contribution in [3.8, 4) is 0 Å². The first-order chi connectivity index (χ1) is 9.59. The van der Waals surface area contributed by atoms with E-state index >= 15 is 0 Å². The van der Waals surface area contributed by atoms with Gasteiger partial charge in [0.15, 0.2) is 0 Å². The molecule has 1 saturated carbocycles. The number of benzene rings is 1. The van der Waals surface area contributed by atoms with Gasteiger partial charge in [0.25, 0.3) is 0 Å². The van der Waals surface area contributed by atoms with E-state index in [1.54, 1.807) is 16.7 Å². The Kier molecular flexibility index (Phi) is 2.68. The van der Waals surface area contributed by atoms with Crippen molar-refractivity contribution >= 4 is 5.57 Å². The topological polar surface area (TPSA) is 0 Å². The van der Waals surface area contributed by atoms with Gasteiger partial charge >= 0.3 is 0 Å². The molecule has 0 aliphatic heterocycles. The third kappa shape index (κ3) is 1.60. The maximum atomic E-state index is 2.61. The van der Waals surface area contributed by atoms with Gasteiger partial charge in [0.05, 0.1) is 0 Å². The number of aryl methyl sites for hydroxylation is 2. The molecule has 0 spiro atoms. The van der Waals surface area contributed by atoms with Crippen LogP contribution >= 0.6 is 0 Å². The second-order valence-electron chi connectivity index (χ2n) is 7.76. The lowest BCUT2D eigenvalue weighted by atomic mass is 9.58. The van der Waals surface area contributed by atoms with E-state index in [-0.39, 0.29) is 0 Å².